The minimum absolute atomic E-state index is 0.0892. The molecule has 0 aliphatic rings. The van der Waals surface area contributed by atoms with Crippen LogP contribution in [0.2, 0.25) is 0 Å². The van der Waals surface area contributed by atoms with Gasteiger partial charge in [-0.2, -0.15) is 0 Å². The molecule has 0 unspecified atom stereocenters. The molecule has 0 aliphatic carbocycles. The number of amides is 1. The van der Waals surface area contributed by atoms with E-state index in [0.717, 1.165) is 16.1 Å². The molecule has 2 aromatic carbocycles. The lowest BCUT2D eigenvalue weighted by Gasteiger charge is -2.21. The Balaban J connectivity index is 1.63. The molecule has 6 nitrogen and oxygen atoms in total. The summed E-state index contributed by atoms with van der Waals surface area (Å²) in [4.78, 5) is 15.3. The van der Waals surface area contributed by atoms with Crippen LogP contribution in [0, 0.1) is 0 Å². The second-order valence-electron chi connectivity index (χ2n) is 6.15. The van der Waals surface area contributed by atoms with Crippen LogP contribution in [0.1, 0.15) is 18.9 Å². The van der Waals surface area contributed by atoms with Crippen molar-refractivity contribution in [3.05, 3.63) is 60.5 Å². The highest BCUT2D eigenvalue weighted by Gasteiger charge is 2.21. The molecule has 1 heterocycles. The number of rotatable bonds is 7. The van der Waals surface area contributed by atoms with Gasteiger partial charge in [0.25, 0.3) is 0 Å². The molecule has 1 amide bonds. The lowest BCUT2D eigenvalue weighted by atomic mass is 10.2. The first-order valence-electron chi connectivity index (χ1n) is 8.60. The second kappa shape index (κ2) is 8.83. The van der Waals surface area contributed by atoms with Crippen LogP contribution >= 0.6 is 11.8 Å². The highest BCUT2D eigenvalue weighted by Crippen LogP contribution is 2.25. The fourth-order valence-corrected chi connectivity index (χ4v) is 3.14. The molecule has 0 saturated heterocycles. The van der Waals surface area contributed by atoms with Crippen LogP contribution in [0.5, 0.6) is 0 Å². The summed E-state index contributed by atoms with van der Waals surface area (Å²) in [6.45, 7) is 2.15. The molecule has 0 spiro atoms. The number of hydrogen-bond donors (Lipinski definition) is 1. The van der Waals surface area contributed by atoms with Crippen molar-refractivity contribution in [3.63, 3.8) is 0 Å². The smallest absolute Gasteiger partial charge is 0.247 e. The van der Waals surface area contributed by atoms with E-state index in [2.05, 4.69) is 15.5 Å². The van der Waals surface area contributed by atoms with E-state index in [-0.39, 0.29) is 18.5 Å². The molecule has 0 radical (unpaired) electrons. The van der Waals surface area contributed by atoms with E-state index in [1.54, 1.807) is 11.8 Å². The van der Waals surface area contributed by atoms with Gasteiger partial charge in [-0.15, -0.1) is 22.0 Å². The highest BCUT2D eigenvalue weighted by molar-refractivity contribution is 7.98. The number of para-hydroxylation sites is 1. The fraction of sp³-hybridized carbons (Fsp3) is 0.250. The van der Waals surface area contributed by atoms with Gasteiger partial charge in [0.05, 0.1) is 18.3 Å². The first-order valence-corrected chi connectivity index (χ1v) is 9.83. The molecule has 27 heavy (non-hydrogen) atoms. The van der Waals surface area contributed by atoms with Crippen molar-refractivity contribution in [2.45, 2.75) is 17.9 Å². The number of likely N-dealkylation sites (N-methyl/N-ethyl adjacent to an activating group) is 1. The zero-order valence-electron chi connectivity index (χ0n) is 15.5. The molecule has 3 rings (SSSR count). The highest BCUT2D eigenvalue weighted by atomic mass is 32.2. The quantitative estimate of drug-likeness (QED) is 0.621. The van der Waals surface area contributed by atoms with E-state index in [0.29, 0.717) is 11.8 Å². The Bertz CT molecular complexity index is 898. The molecule has 0 aliphatic heterocycles. The number of nitrogens with one attached hydrogen (secondary N) is 1. The lowest BCUT2D eigenvalue weighted by molar-refractivity contribution is -0.117. The van der Waals surface area contributed by atoms with Crippen LogP contribution in [0.4, 0.5) is 5.69 Å². The molecule has 1 atom stereocenters. The minimum Gasteiger partial charge on any atom is -0.419 e. The average molecular weight is 382 g/mol. The third kappa shape index (κ3) is 4.75. The summed E-state index contributed by atoms with van der Waals surface area (Å²) in [6.07, 6.45) is 1.99. The van der Waals surface area contributed by atoms with Crippen molar-refractivity contribution in [1.82, 2.24) is 15.1 Å². The summed E-state index contributed by atoms with van der Waals surface area (Å²) in [7, 11) is 1.86. The summed E-state index contributed by atoms with van der Waals surface area (Å²) in [5, 5.41) is 11.2. The first-order chi connectivity index (χ1) is 13.1. The van der Waals surface area contributed by atoms with E-state index in [4.69, 9.17) is 4.42 Å². The number of anilines is 1. The molecule has 0 bridgehead atoms. The van der Waals surface area contributed by atoms with E-state index in [1.807, 2.05) is 79.7 Å². The zero-order chi connectivity index (χ0) is 19.2. The second-order valence-corrected chi connectivity index (χ2v) is 7.00. The third-order valence-electron chi connectivity index (χ3n) is 4.25. The van der Waals surface area contributed by atoms with Crippen molar-refractivity contribution in [2.75, 3.05) is 25.2 Å². The molecule has 0 fully saturated rings. The number of thioether (sulfide) groups is 1. The zero-order valence-corrected chi connectivity index (χ0v) is 16.4. The van der Waals surface area contributed by atoms with Crippen molar-refractivity contribution < 1.29 is 9.21 Å². The molecule has 3 aromatic rings. The first kappa shape index (κ1) is 19.1. The lowest BCUT2D eigenvalue weighted by Crippen LogP contribution is -2.32. The Labute approximate surface area is 163 Å². The Morgan fingerprint density at radius 1 is 1.15 bits per heavy atom. The van der Waals surface area contributed by atoms with Gasteiger partial charge in [-0.25, -0.2) is 0 Å². The molecule has 140 valence electrons. The molecular weight excluding hydrogens is 360 g/mol. The summed E-state index contributed by atoms with van der Waals surface area (Å²) in [5.41, 5.74) is 1.69. The van der Waals surface area contributed by atoms with E-state index in [9.17, 15) is 4.79 Å². The molecule has 0 saturated carbocycles. The van der Waals surface area contributed by atoms with Crippen LogP contribution in [0.3, 0.4) is 0 Å². The maximum absolute atomic E-state index is 12.4. The third-order valence-corrected chi connectivity index (χ3v) is 5.05. The van der Waals surface area contributed by atoms with Crippen molar-refractivity contribution >= 4 is 23.4 Å². The normalized spacial score (nSPS) is 12.1. The van der Waals surface area contributed by atoms with Gasteiger partial charge in [0.1, 0.15) is 0 Å². The summed E-state index contributed by atoms with van der Waals surface area (Å²) in [5.74, 6) is 0.867. The molecule has 1 N–H and O–H groups in total. The van der Waals surface area contributed by atoms with Gasteiger partial charge in [-0.05, 0) is 44.5 Å². The summed E-state index contributed by atoms with van der Waals surface area (Å²) >= 11 is 1.60. The Hall–Kier alpha value is -2.64. The number of carbonyl (C=O) groups is 1. The van der Waals surface area contributed by atoms with Crippen LogP contribution in [-0.2, 0) is 4.79 Å². The fourth-order valence-electron chi connectivity index (χ4n) is 2.59. The Kier molecular flexibility index (Phi) is 6.26. The van der Waals surface area contributed by atoms with Gasteiger partial charge >= 0.3 is 0 Å². The van der Waals surface area contributed by atoms with Crippen LogP contribution < -0.4 is 5.32 Å². The van der Waals surface area contributed by atoms with Gasteiger partial charge in [0, 0.05) is 10.5 Å². The van der Waals surface area contributed by atoms with Crippen LogP contribution in [0.25, 0.3) is 11.5 Å². The van der Waals surface area contributed by atoms with Crippen molar-refractivity contribution in [1.29, 1.82) is 0 Å². The van der Waals surface area contributed by atoms with Gasteiger partial charge in [0.2, 0.25) is 17.7 Å². The summed E-state index contributed by atoms with van der Waals surface area (Å²) < 4.78 is 5.79. The Morgan fingerprint density at radius 2 is 1.85 bits per heavy atom. The monoisotopic (exact) mass is 382 g/mol. The van der Waals surface area contributed by atoms with Gasteiger partial charge in [-0.1, -0.05) is 30.3 Å². The van der Waals surface area contributed by atoms with Crippen molar-refractivity contribution in [2.24, 2.45) is 0 Å². The molecular formula is C20H22N4O2S. The van der Waals surface area contributed by atoms with Gasteiger partial charge < -0.3 is 9.73 Å². The molecule has 1 aromatic heterocycles. The number of aromatic nitrogens is 2. The number of benzene rings is 2. The maximum atomic E-state index is 12.4. The van der Waals surface area contributed by atoms with E-state index >= 15 is 0 Å². The molecule has 7 heteroatoms. The van der Waals surface area contributed by atoms with E-state index in [1.165, 1.54) is 0 Å². The SMILES string of the molecule is CSc1ccccc1NC(=O)CN(C)[C@H](C)c1nnc(-c2ccccc2)o1. The summed E-state index contributed by atoms with van der Waals surface area (Å²) in [6, 6.07) is 17.2. The topological polar surface area (TPSA) is 71.3 Å². The number of carbonyl (C=O) groups excluding carboxylic acids is 1. The maximum Gasteiger partial charge on any atom is 0.247 e. The predicted molar refractivity (Wildman–Crippen MR) is 108 cm³/mol. The Morgan fingerprint density at radius 3 is 2.59 bits per heavy atom. The number of nitrogens with zero attached hydrogens (tertiary/aromatic N) is 3. The van der Waals surface area contributed by atoms with Crippen LogP contribution in [0.15, 0.2) is 63.9 Å². The van der Waals surface area contributed by atoms with Gasteiger partial charge in [0.15, 0.2) is 0 Å². The standard InChI is InChI=1S/C20H22N4O2S/c1-14(19-22-23-20(26-19)15-9-5-4-6-10-15)24(2)13-18(25)21-16-11-7-8-12-17(16)27-3/h4-12,14H,13H2,1-3H3,(H,21,25)/t14-/m1/s1. The van der Waals surface area contributed by atoms with E-state index < -0.39 is 0 Å². The van der Waals surface area contributed by atoms with Crippen LogP contribution in [-0.4, -0.2) is 40.9 Å². The number of hydrogen-bond acceptors (Lipinski definition) is 6. The average Bonchev–Trinajstić information content (AvgIpc) is 3.18. The van der Waals surface area contributed by atoms with Gasteiger partial charge in [-0.3, -0.25) is 9.69 Å². The predicted octanol–water partition coefficient (Wildman–Crippen LogP) is 4.09. The minimum atomic E-state index is -0.184. The largest absolute Gasteiger partial charge is 0.419 e. The van der Waals surface area contributed by atoms with Crippen molar-refractivity contribution in [3.8, 4) is 11.5 Å².